The summed E-state index contributed by atoms with van der Waals surface area (Å²) in [6, 6.07) is 7.38. The van der Waals surface area contributed by atoms with Gasteiger partial charge < -0.3 is 10.5 Å². The van der Waals surface area contributed by atoms with Crippen LogP contribution in [0.25, 0.3) is 0 Å². The largest absolute Gasteiger partial charge is 0.411 e. The van der Waals surface area contributed by atoms with Gasteiger partial charge in [0.05, 0.1) is 5.71 Å². The van der Waals surface area contributed by atoms with Crippen molar-refractivity contribution in [3.8, 4) is 0 Å². The van der Waals surface area contributed by atoms with Gasteiger partial charge in [0.25, 0.3) is 0 Å². The van der Waals surface area contributed by atoms with E-state index in [-0.39, 0.29) is 17.2 Å². The van der Waals surface area contributed by atoms with Gasteiger partial charge in [-0.1, -0.05) is 37.6 Å². The second-order valence-corrected chi connectivity index (χ2v) is 6.19. The first-order chi connectivity index (χ1) is 9.44. The SMILES string of the molecule is C/C(=N/O)c1cccc(NC(=O)C2CCCC2(C)C)c1. The number of oxime groups is 1. The van der Waals surface area contributed by atoms with E-state index in [1.54, 1.807) is 6.92 Å². The fourth-order valence-electron chi connectivity index (χ4n) is 2.92. The van der Waals surface area contributed by atoms with Crippen LogP contribution in [0.3, 0.4) is 0 Å². The van der Waals surface area contributed by atoms with E-state index < -0.39 is 0 Å². The van der Waals surface area contributed by atoms with Crippen molar-refractivity contribution in [3.05, 3.63) is 29.8 Å². The van der Waals surface area contributed by atoms with Crippen molar-refractivity contribution >= 4 is 17.3 Å². The summed E-state index contributed by atoms with van der Waals surface area (Å²) in [5.41, 5.74) is 2.15. The molecule has 0 spiro atoms. The Kier molecular flexibility index (Phi) is 4.12. The Hall–Kier alpha value is -1.84. The lowest BCUT2D eigenvalue weighted by Crippen LogP contribution is -2.30. The smallest absolute Gasteiger partial charge is 0.228 e. The van der Waals surface area contributed by atoms with Crippen LogP contribution in [0.2, 0.25) is 0 Å². The minimum absolute atomic E-state index is 0.0683. The number of amides is 1. The van der Waals surface area contributed by atoms with E-state index in [1.807, 2.05) is 24.3 Å². The molecule has 0 bridgehead atoms. The number of hydrogen-bond acceptors (Lipinski definition) is 3. The van der Waals surface area contributed by atoms with Crippen LogP contribution in [0.15, 0.2) is 29.4 Å². The third kappa shape index (κ3) is 3.00. The van der Waals surface area contributed by atoms with Gasteiger partial charge >= 0.3 is 0 Å². The highest BCUT2D eigenvalue weighted by Gasteiger charge is 2.39. The van der Waals surface area contributed by atoms with Crippen LogP contribution < -0.4 is 5.32 Å². The van der Waals surface area contributed by atoms with E-state index in [2.05, 4.69) is 24.3 Å². The molecule has 1 aromatic rings. The lowest BCUT2D eigenvalue weighted by atomic mass is 9.81. The molecule has 4 heteroatoms. The lowest BCUT2D eigenvalue weighted by Gasteiger charge is -2.25. The summed E-state index contributed by atoms with van der Waals surface area (Å²) in [5, 5.41) is 15.0. The van der Waals surface area contributed by atoms with E-state index in [0.717, 1.165) is 30.5 Å². The molecule has 2 N–H and O–H groups in total. The van der Waals surface area contributed by atoms with Gasteiger partial charge in [0.1, 0.15) is 0 Å². The Morgan fingerprint density at radius 1 is 1.45 bits per heavy atom. The summed E-state index contributed by atoms with van der Waals surface area (Å²) in [7, 11) is 0. The molecule has 0 aliphatic heterocycles. The highest BCUT2D eigenvalue weighted by atomic mass is 16.4. The van der Waals surface area contributed by atoms with Gasteiger partial charge in [-0.2, -0.15) is 0 Å². The Labute approximate surface area is 119 Å². The topological polar surface area (TPSA) is 61.7 Å². The van der Waals surface area contributed by atoms with Crippen LogP contribution in [-0.4, -0.2) is 16.8 Å². The Balaban J connectivity index is 2.12. The quantitative estimate of drug-likeness (QED) is 0.502. The molecule has 20 heavy (non-hydrogen) atoms. The first-order valence-corrected chi connectivity index (χ1v) is 7.04. The number of carbonyl (C=O) groups is 1. The van der Waals surface area contributed by atoms with E-state index in [9.17, 15) is 4.79 Å². The fourth-order valence-corrected chi connectivity index (χ4v) is 2.92. The number of benzene rings is 1. The van der Waals surface area contributed by atoms with Crippen LogP contribution in [0.4, 0.5) is 5.69 Å². The van der Waals surface area contributed by atoms with Crippen LogP contribution >= 0.6 is 0 Å². The molecule has 1 aliphatic carbocycles. The summed E-state index contributed by atoms with van der Waals surface area (Å²) in [6.45, 7) is 6.04. The molecule has 1 atom stereocenters. The minimum Gasteiger partial charge on any atom is -0.411 e. The van der Waals surface area contributed by atoms with Crippen LogP contribution in [0.5, 0.6) is 0 Å². The standard InChI is InChI=1S/C16H22N2O2/c1-11(18-20)12-6-4-7-13(10-12)17-15(19)14-8-5-9-16(14,2)3/h4,6-7,10,14,20H,5,8-9H2,1-3H3,(H,17,19)/b18-11-. The van der Waals surface area contributed by atoms with Gasteiger partial charge in [-0.3, -0.25) is 4.79 Å². The molecule has 108 valence electrons. The van der Waals surface area contributed by atoms with E-state index >= 15 is 0 Å². The van der Waals surface area contributed by atoms with Gasteiger partial charge in [-0.15, -0.1) is 0 Å². The zero-order valence-electron chi connectivity index (χ0n) is 12.3. The van der Waals surface area contributed by atoms with Gasteiger partial charge in [0.2, 0.25) is 5.91 Å². The highest BCUT2D eigenvalue weighted by Crippen LogP contribution is 2.43. The molecular weight excluding hydrogens is 252 g/mol. The highest BCUT2D eigenvalue weighted by molar-refractivity contribution is 6.00. The monoisotopic (exact) mass is 274 g/mol. The van der Waals surface area contributed by atoms with Crippen molar-refractivity contribution in [1.82, 2.24) is 0 Å². The zero-order chi connectivity index (χ0) is 14.8. The second-order valence-electron chi connectivity index (χ2n) is 6.19. The molecular formula is C16H22N2O2. The van der Waals surface area contributed by atoms with Crippen molar-refractivity contribution in [2.24, 2.45) is 16.5 Å². The molecule has 0 aromatic heterocycles. The van der Waals surface area contributed by atoms with Gasteiger partial charge in [0, 0.05) is 17.2 Å². The van der Waals surface area contributed by atoms with Crippen molar-refractivity contribution in [1.29, 1.82) is 0 Å². The lowest BCUT2D eigenvalue weighted by molar-refractivity contribution is -0.122. The van der Waals surface area contributed by atoms with Gasteiger partial charge in [-0.05, 0) is 37.3 Å². The van der Waals surface area contributed by atoms with E-state index in [1.165, 1.54) is 0 Å². The van der Waals surface area contributed by atoms with Crippen molar-refractivity contribution in [2.45, 2.75) is 40.0 Å². The molecule has 1 aliphatic rings. The van der Waals surface area contributed by atoms with Crippen molar-refractivity contribution < 1.29 is 10.0 Å². The normalized spacial score (nSPS) is 21.8. The number of rotatable bonds is 3. The molecule has 0 saturated heterocycles. The average molecular weight is 274 g/mol. The molecule has 1 fully saturated rings. The van der Waals surface area contributed by atoms with Crippen LogP contribution in [0, 0.1) is 11.3 Å². The molecule has 0 radical (unpaired) electrons. The molecule has 0 heterocycles. The minimum atomic E-state index is 0.0683. The molecule has 2 rings (SSSR count). The predicted molar refractivity (Wildman–Crippen MR) is 80.2 cm³/mol. The van der Waals surface area contributed by atoms with Crippen LogP contribution in [-0.2, 0) is 4.79 Å². The zero-order valence-corrected chi connectivity index (χ0v) is 12.3. The van der Waals surface area contributed by atoms with Crippen molar-refractivity contribution in [2.75, 3.05) is 5.32 Å². The third-order valence-electron chi connectivity index (χ3n) is 4.27. The Morgan fingerprint density at radius 2 is 2.20 bits per heavy atom. The van der Waals surface area contributed by atoms with Crippen LogP contribution in [0.1, 0.15) is 45.6 Å². The molecule has 1 unspecified atom stereocenters. The Bertz CT molecular complexity index is 535. The van der Waals surface area contributed by atoms with Crippen molar-refractivity contribution in [3.63, 3.8) is 0 Å². The number of carbonyl (C=O) groups excluding carboxylic acids is 1. The maximum Gasteiger partial charge on any atom is 0.228 e. The van der Waals surface area contributed by atoms with E-state index in [0.29, 0.717) is 5.71 Å². The first-order valence-electron chi connectivity index (χ1n) is 7.04. The third-order valence-corrected chi connectivity index (χ3v) is 4.27. The second kappa shape index (κ2) is 5.65. The number of nitrogens with zero attached hydrogens (tertiary/aromatic N) is 1. The maximum atomic E-state index is 12.4. The Morgan fingerprint density at radius 3 is 2.80 bits per heavy atom. The summed E-state index contributed by atoms with van der Waals surface area (Å²) in [6.07, 6.45) is 3.17. The number of nitrogens with one attached hydrogen (secondary N) is 1. The molecule has 1 aromatic carbocycles. The molecule has 4 nitrogen and oxygen atoms in total. The maximum absolute atomic E-state index is 12.4. The van der Waals surface area contributed by atoms with E-state index in [4.69, 9.17) is 5.21 Å². The fraction of sp³-hybridized carbons (Fsp3) is 0.500. The number of hydrogen-bond donors (Lipinski definition) is 2. The number of anilines is 1. The summed E-state index contributed by atoms with van der Waals surface area (Å²) < 4.78 is 0. The summed E-state index contributed by atoms with van der Waals surface area (Å²) in [5.74, 6) is 0.155. The average Bonchev–Trinajstić information content (AvgIpc) is 2.77. The van der Waals surface area contributed by atoms with Gasteiger partial charge in [-0.25, -0.2) is 0 Å². The van der Waals surface area contributed by atoms with Gasteiger partial charge in [0.15, 0.2) is 0 Å². The summed E-state index contributed by atoms with van der Waals surface area (Å²) in [4.78, 5) is 12.4. The predicted octanol–water partition coefficient (Wildman–Crippen LogP) is 3.65. The molecule has 1 amide bonds. The first kappa shape index (κ1) is 14.6. The molecule has 1 saturated carbocycles. The summed E-state index contributed by atoms with van der Waals surface area (Å²) >= 11 is 0.